The van der Waals surface area contributed by atoms with E-state index in [1.807, 2.05) is 26.0 Å². The molecule has 1 aromatic carbocycles. The highest BCUT2D eigenvalue weighted by Crippen LogP contribution is 2.44. The number of ether oxygens (including phenoxy) is 1. The number of ketones is 1. The van der Waals surface area contributed by atoms with Crippen LogP contribution in [0.15, 0.2) is 42.2 Å². The van der Waals surface area contributed by atoms with Crippen molar-refractivity contribution in [3.8, 4) is 0 Å². The van der Waals surface area contributed by atoms with Crippen LogP contribution in [-0.4, -0.2) is 11.8 Å². The highest BCUT2D eigenvalue weighted by molar-refractivity contribution is 6.10. The quantitative estimate of drug-likeness (QED) is 0.353. The van der Waals surface area contributed by atoms with Crippen molar-refractivity contribution in [3.05, 3.63) is 47.7 Å². The molecular formula is C18H22O3. The molecule has 0 bridgehead atoms. The van der Waals surface area contributed by atoms with Crippen LogP contribution in [0.2, 0.25) is 0 Å². The molecule has 3 heteroatoms. The average Bonchev–Trinajstić information content (AvgIpc) is 2.69. The van der Waals surface area contributed by atoms with Gasteiger partial charge in [-0.15, -0.1) is 0 Å². The zero-order valence-corrected chi connectivity index (χ0v) is 12.9. The lowest BCUT2D eigenvalue weighted by atomic mass is 9.75. The maximum atomic E-state index is 12.6. The van der Waals surface area contributed by atoms with E-state index in [-0.39, 0.29) is 5.78 Å². The van der Waals surface area contributed by atoms with Crippen molar-refractivity contribution < 1.29 is 14.3 Å². The lowest BCUT2D eigenvalue weighted by Gasteiger charge is -2.22. The summed E-state index contributed by atoms with van der Waals surface area (Å²) in [6.45, 7) is 5.93. The number of hydrogen-bond acceptors (Lipinski definition) is 3. The van der Waals surface area contributed by atoms with E-state index in [1.165, 1.54) is 0 Å². The van der Waals surface area contributed by atoms with Gasteiger partial charge in [-0.25, -0.2) is 0 Å². The second kappa shape index (κ2) is 6.25. The maximum absolute atomic E-state index is 12.6. The van der Waals surface area contributed by atoms with Crippen LogP contribution < -0.4 is 0 Å². The van der Waals surface area contributed by atoms with Gasteiger partial charge in [0.1, 0.15) is 11.7 Å². The van der Waals surface area contributed by atoms with Crippen molar-refractivity contribution in [2.45, 2.75) is 40.0 Å². The fourth-order valence-corrected chi connectivity index (χ4v) is 2.68. The number of carbonyl (C=O) groups excluding carboxylic acids is 2. The van der Waals surface area contributed by atoms with E-state index in [0.29, 0.717) is 11.3 Å². The summed E-state index contributed by atoms with van der Waals surface area (Å²) in [5.74, 6) is -0.718. The molecule has 3 nitrogen and oxygen atoms in total. The monoisotopic (exact) mass is 286 g/mol. The van der Waals surface area contributed by atoms with Crippen molar-refractivity contribution in [2.24, 2.45) is 11.3 Å². The molecule has 0 N–H and O–H groups in total. The molecule has 0 saturated carbocycles. The Bertz CT molecular complexity index is 555. The van der Waals surface area contributed by atoms with E-state index >= 15 is 0 Å². The van der Waals surface area contributed by atoms with Crippen LogP contribution >= 0.6 is 0 Å². The van der Waals surface area contributed by atoms with Crippen LogP contribution in [0, 0.1) is 11.3 Å². The molecule has 1 aliphatic heterocycles. The van der Waals surface area contributed by atoms with Crippen molar-refractivity contribution >= 4 is 11.8 Å². The lowest BCUT2D eigenvalue weighted by molar-refractivity contribution is -0.137. The predicted molar refractivity (Wildman–Crippen MR) is 81.7 cm³/mol. The first kappa shape index (κ1) is 15.5. The van der Waals surface area contributed by atoms with Crippen LogP contribution in [0.5, 0.6) is 0 Å². The summed E-state index contributed by atoms with van der Waals surface area (Å²) in [6, 6.07) is 8.94. The third-order valence-electron chi connectivity index (χ3n) is 4.01. The number of esters is 1. The van der Waals surface area contributed by atoms with Gasteiger partial charge in [0.25, 0.3) is 0 Å². The topological polar surface area (TPSA) is 43.4 Å². The van der Waals surface area contributed by atoms with E-state index < -0.39 is 17.3 Å². The molecule has 1 fully saturated rings. The van der Waals surface area contributed by atoms with E-state index in [0.717, 1.165) is 19.3 Å². The minimum absolute atomic E-state index is 0.163. The zero-order valence-electron chi connectivity index (χ0n) is 12.9. The zero-order chi connectivity index (χ0) is 15.5. The maximum Gasteiger partial charge on any atom is 0.322 e. The summed E-state index contributed by atoms with van der Waals surface area (Å²) in [7, 11) is 0. The standard InChI is InChI=1S/C18H22O3/c1-4-5-7-12-14-18(2,3)15(17(20)21-14)16(19)13-10-8-6-9-11-13/h6,8-12,15H,4-5,7H2,1-3H3/b14-12+. The number of hydrogen-bond donors (Lipinski definition) is 0. The second-order valence-corrected chi connectivity index (χ2v) is 6.02. The van der Waals surface area contributed by atoms with Gasteiger partial charge < -0.3 is 4.74 Å². The first-order chi connectivity index (χ1) is 9.98. The predicted octanol–water partition coefficient (Wildman–Crippen LogP) is 4.14. The molecule has 1 atom stereocenters. The Morgan fingerprint density at radius 3 is 2.57 bits per heavy atom. The van der Waals surface area contributed by atoms with Gasteiger partial charge in [0.15, 0.2) is 5.78 Å². The van der Waals surface area contributed by atoms with Gasteiger partial charge >= 0.3 is 5.97 Å². The van der Waals surface area contributed by atoms with Crippen molar-refractivity contribution in [1.29, 1.82) is 0 Å². The molecule has 1 aromatic rings. The number of benzene rings is 1. The molecule has 1 aliphatic rings. The van der Waals surface area contributed by atoms with Gasteiger partial charge in [0.2, 0.25) is 0 Å². The Kier molecular flexibility index (Phi) is 4.61. The first-order valence-corrected chi connectivity index (χ1v) is 7.50. The molecule has 21 heavy (non-hydrogen) atoms. The average molecular weight is 286 g/mol. The molecule has 1 heterocycles. The Morgan fingerprint density at radius 1 is 1.29 bits per heavy atom. The van der Waals surface area contributed by atoms with Crippen molar-refractivity contribution in [3.63, 3.8) is 0 Å². The smallest absolute Gasteiger partial charge is 0.322 e. The summed E-state index contributed by atoms with van der Waals surface area (Å²) in [5.41, 5.74) is -0.0279. The summed E-state index contributed by atoms with van der Waals surface area (Å²) in [6.07, 6.45) is 4.97. The normalized spacial score (nSPS) is 22.3. The van der Waals surface area contributed by atoms with Crippen molar-refractivity contribution in [1.82, 2.24) is 0 Å². The first-order valence-electron chi connectivity index (χ1n) is 7.50. The van der Waals surface area contributed by atoms with Gasteiger partial charge in [-0.1, -0.05) is 57.5 Å². The third-order valence-corrected chi connectivity index (χ3v) is 4.01. The van der Waals surface area contributed by atoms with Gasteiger partial charge in [-0.3, -0.25) is 9.59 Å². The number of unbranched alkanes of at least 4 members (excludes halogenated alkanes) is 2. The Morgan fingerprint density at radius 2 is 1.95 bits per heavy atom. The number of rotatable bonds is 5. The van der Waals surface area contributed by atoms with E-state index in [1.54, 1.807) is 24.3 Å². The Balaban J connectivity index is 2.26. The Labute approximate surface area is 126 Å². The molecule has 0 spiro atoms. The molecule has 1 saturated heterocycles. The molecule has 0 aromatic heterocycles. The molecule has 0 aliphatic carbocycles. The van der Waals surface area contributed by atoms with Gasteiger partial charge in [0, 0.05) is 11.0 Å². The van der Waals surface area contributed by atoms with Crippen LogP contribution in [0.25, 0.3) is 0 Å². The molecule has 112 valence electrons. The fourth-order valence-electron chi connectivity index (χ4n) is 2.68. The number of Topliss-reactive ketones (excluding diaryl/α,β-unsaturated/α-hetero) is 1. The molecule has 0 amide bonds. The van der Waals surface area contributed by atoms with Crippen LogP contribution in [0.1, 0.15) is 50.4 Å². The summed E-state index contributed by atoms with van der Waals surface area (Å²) in [5, 5.41) is 0. The minimum atomic E-state index is -0.757. The van der Waals surface area contributed by atoms with Gasteiger partial charge in [-0.05, 0) is 18.9 Å². The van der Waals surface area contributed by atoms with E-state index in [2.05, 4.69) is 6.92 Å². The van der Waals surface area contributed by atoms with Gasteiger partial charge in [-0.2, -0.15) is 0 Å². The number of allylic oxidation sites excluding steroid dienone is 2. The Hall–Kier alpha value is -1.90. The minimum Gasteiger partial charge on any atom is -0.430 e. The van der Waals surface area contributed by atoms with E-state index in [9.17, 15) is 9.59 Å². The SMILES string of the molecule is CCCC/C=C1/OC(=O)C(C(=O)c2ccccc2)C1(C)C. The van der Waals surface area contributed by atoms with Crippen LogP contribution in [0.3, 0.4) is 0 Å². The second-order valence-electron chi connectivity index (χ2n) is 6.02. The van der Waals surface area contributed by atoms with Crippen molar-refractivity contribution in [2.75, 3.05) is 0 Å². The van der Waals surface area contributed by atoms with Gasteiger partial charge in [0.05, 0.1) is 0 Å². The largest absolute Gasteiger partial charge is 0.430 e. The highest BCUT2D eigenvalue weighted by Gasteiger charge is 2.51. The van der Waals surface area contributed by atoms with Crippen LogP contribution in [0.4, 0.5) is 0 Å². The summed E-state index contributed by atoms with van der Waals surface area (Å²) in [4.78, 5) is 24.8. The molecule has 1 unspecified atom stereocenters. The third kappa shape index (κ3) is 3.07. The number of cyclic esters (lactones) is 1. The number of carbonyl (C=O) groups is 2. The highest BCUT2D eigenvalue weighted by atomic mass is 16.5. The molecule has 0 radical (unpaired) electrons. The van der Waals surface area contributed by atoms with E-state index in [4.69, 9.17) is 4.74 Å². The summed E-state index contributed by atoms with van der Waals surface area (Å²) >= 11 is 0. The fraction of sp³-hybridized carbons (Fsp3) is 0.444. The lowest BCUT2D eigenvalue weighted by Crippen LogP contribution is -2.31. The summed E-state index contributed by atoms with van der Waals surface area (Å²) < 4.78 is 5.38. The van der Waals surface area contributed by atoms with Crippen LogP contribution in [-0.2, 0) is 9.53 Å². The molecule has 2 rings (SSSR count). The molecular weight excluding hydrogens is 264 g/mol.